The number of likely N-dealkylation sites (tertiary alicyclic amines) is 1. The third-order valence-electron chi connectivity index (χ3n) is 4.37. The summed E-state index contributed by atoms with van der Waals surface area (Å²) in [6, 6.07) is 11.1. The lowest BCUT2D eigenvalue weighted by Gasteiger charge is -2.30. The van der Waals surface area contributed by atoms with Gasteiger partial charge >= 0.3 is 0 Å². The fourth-order valence-corrected chi connectivity index (χ4v) is 4.19. The molecular weight excluding hydrogens is 375 g/mol. The van der Waals surface area contributed by atoms with Gasteiger partial charge in [-0.25, -0.2) is 4.98 Å². The average Bonchev–Trinajstić information content (AvgIpc) is 2.61. The summed E-state index contributed by atoms with van der Waals surface area (Å²) < 4.78 is 0. The molecule has 3 rings (SSSR count). The number of hydrogen-bond donors (Lipinski definition) is 0. The molecule has 0 unspecified atom stereocenters. The molecular formula is C19H20Cl2N2OS. The van der Waals surface area contributed by atoms with Crippen molar-refractivity contribution in [3.63, 3.8) is 0 Å². The van der Waals surface area contributed by atoms with Crippen LogP contribution < -0.4 is 0 Å². The third-order valence-corrected chi connectivity index (χ3v) is 6.13. The molecule has 0 bridgehead atoms. The van der Waals surface area contributed by atoms with Crippen molar-refractivity contribution >= 4 is 40.9 Å². The number of carbonyl (C=O) groups excluding carboxylic acids is 1. The first-order valence-electron chi connectivity index (χ1n) is 8.36. The topological polar surface area (TPSA) is 33.2 Å². The van der Waals surface area contributed by atoms with Gasteiger partial charge in [0.25, 0.3) is 5.91 Å². The zero-order valence-electron chi connectivity index (χ0n) is 14.0. The molecule has 1 aromatic carbocycles. The lowest BCUT2D eigenvalue weighted by molar-refractivity contribution is 0.0691. The van der Waals surface area contributed by atoms with Gasteiger partial charge in [0.05, 0.1) is 10.7 Å². The van der Waals surface area contributed by atoms with Gasteiger partial charge in [-0.2, -0.15) is 0 Å². The van der Waals surface area contributed by atoms with Gasteiger partial charge in [0.1, 0.15) is 5.69 Å². The van der Waals surface area contributed by atoms with Crippen molar-refractivity contribution in [2.45, 2.75) is 30.4 Å². The summed E-state index contributed by atoms with van der Waals surface area (Å²) in [5.41, 5.74) is 1.39. The molecule has 25 heavy (non-hydrogen) atoms. The highest BCUT2D eigenvalue weighted by Crippen LogP contribution is 2.31. The maximum atomic E-state index is 12.6. The second-order valence-corrected chi connectivity index (χ2v) is 8.21. The molecule has 1 aromatic heterocycles. The van der Waals surface area contributed by atoms with Gasteiger partial charge in [0, 0.05) is 28.8 Å². The van der Waals surface area contributed by atoms with Crippen LogP contribution in [0.25, 0.3) is 0 Å². The van der Waals surface area contributed by atoms with Gasteiger partial charge in [0.2, 0.25) is 0 Å². The number of amides is 1. The molecule has 1 aliphatic rings. The van der Waals surface area contributed by atoms with Crippen LogP contribution in [0.3, 0.4) is 0 Å². The molecule has 1 saturated heterocycles. The maximum absolute atomic E-state index is 12.6. The van der Waals surface area contributed by atoms with E-state index in [1.807, 2.05) is 29.2 Å². The van der Waals surface area contributed by atoms with Crippen LogP contribution in [0.15, 0.2) is 41.3 Å². The zero-order chi connectivity index (χ0) is 17.8. The van der Waals surface area contributed by atoms with Crippen LogP contribution in [0.5, 0.6) is 0 Å². The minimum Gasteiger partial charge on any atom is -0.337 e. The van der Waals surface area contributed by atoms with E-state index in [1.54, 1.807) is 23.9 Å². The first kappa shape index (κ1) is 18.6. The molecule has 0 spiro atoms. The molecule has 2 heterocycles. The molecule has 6 heteroatoms. The van der Waals surface area contributed by atoms with Gasteiger partial charge in [-0.3, -0.25) is 4.79 Å². The molecule has 1 aliphatic heterocycles. The Labute approximate surface area is 162 Å². The van der Waals surface area contributed by atoms with Gasteiger partial charge in [0.15, 0.2) is 0 Å². The van der Waals surface area contributed by atoms with Crippen LogP contribution in [-0.2, 0) is 5.75 Å². The van der Waals surface area contributed by atoms with E-state index in [2.05, 4.69) is 11.9 Å². The summed E-state index contributed by atoms with van der Waals surface area (Å²) in [6.07, 6.45) is 2.13. The van der Waals surface area contributed by atoms with E-state index in [0.717, 1.165) is 36.5 Å². The van der Waals surface area contributed by atoms with E-state index in [0.29, 0.717) is 27.4 Å². The fraction of sp³-hybridized carbons (Fsp3) is 0.368. The molecule has 2 aromatic rings. The summed E-state index contributed by atoms with van der Waals surface area (Å²) in [5.74, 6) is 1.38. The van der Waals surface area contributed by atoms with Gasteiger partial charge in [-0.1, -0.05) is 36.2 Å². The summed E-state index contributed by atoms with van der Waals surface area (Å²) in [7, 11) is 0. The Morgan fingerprint density at radius 1 is 1.24 bits per heavy atom. The van der Waals surface area contributed by atoms with Crippen LogP contribution in [0.4, 0.5) is 0 Å². The van der Waals surface area contributed by atoms with Gasteiger partial charge < -0.3 is 4.90 Å². The zero-order valence-corrected chi connectivity index (χ0v) is 16.4. The van der Waals surface area contributed by atoms with E-state index < -0.39 is 0 Å². The van der Waals surface area contributed by atoms with Crippen molar-refractivity contribution in [2.75, 3.05) is 13.1 Å². The number of benzene rings is 1. The average molecular weight is 395 g/mol. The predicted molar refractivity (Wildman–Crippen MR) is 105 cm³/mol. The number of rotatable bonds is 4. The Morgan fingerprint density at radius 3 is 2.72 bits per heavy atom. The normalized spacial score (nSPS) is 15.4. The van der Waals surface area contributed by atoms with Crippen LogP contribution in [-0.4, -0.2) is 28.9 Å². The highest BCUT2D eigenvalue weighted by Gasteiger charge is 2.22. The van der Waals surface area contributed by atoms with Crippen LogP contribution in [0.1, 0.15) is 35.9 Å². The number of nitrogens with zero attached hydrogens (tertiary/aromatic N) is 2. The SMILES string of the molecule is CC1CCN(C(=O)c2cccc(CSc3ccc(Cl)cc3Cl)n2)CC1. The maximum Gasteiger partial charge on any atom is 0.272 e. The summed E-state index contributed by atoms with van der Waals surface area (Å²) in [6.45, 7) is 3.88. The minimum atomic E-state index is 0.0308. The van der Waals surface area contributed by atoms with Gasteiger partial charge in [-0.15, -0.1) is 11.8 Å². The van der Waals surface area contributed by atoms with Crippen LogP contribution >= 0.6 is 35.0 Å². The van der Waals surface area contributed by atoms with Crippen molar-refractivity contribution in [1.29, 1.82) is 0 Å². The minimum absolute atomic E-state index is 0.0308. The van der Waals surface area contributed by atoms with Crippen LogP contribution in [0, 0.1) is 5.92 Å². The highest BCUT2D eigenvalue weighted by molar-refractivity contribution is 7.98. The molecule has 1 fully saturated rings. The molecule has 0 N–H and O–H groups in total. The van der Waals surface area contributed by atoms with E-state index in [4.69, 9.17) is 23.2 Å². The number of piperidine rings is 1. The smallest absolute Gasteiger partial charge is 0.272 e. The number of halogens is 2. The van der Waals surface area contributed by atoms with E-state index in [1.165, 1.54) is 0 Å². The molecule has 0 aliphatic carbocycles. The lowest BCUT2D eigenvalue weighted by atomic mass is 9.99. The third kappa shape index (κ3) is 4.90. The Hall–Kier alpha value is -1.23. The van der Waals surface area contributed by atoms with Crippen molar-refractivity contribution < 1.29 is 4.79 Å². The number of aromatic nitrogens is 1. The molecule has 1 amide bonds. The predicted octanol–water partition coefficient (Wildman–Crippen LogP) is 5.55. The Balaban J connectivity index is 1.66. The Bertz CT molecular complexity index is 761. The quantitative estimate of drug-likeness (QED) is 0.636. The van der Waals surface area contributed by atoms with Crippen molar-refractivity contribution in [1.82, 2.24) is 9.88 Å². The highest BCUT2D eigenvalue weighted by atomic mass is 35.5. The largest absolute Gasteiger partial charge is 0.337 e. The summed E-state index contributed by atoms with van der Waals surface area (Å²) >= 11 is 13.7. The van der Waals surface area contributed by atoms with E-state index in [9.17, 15) is 4.79 Å². The molecule has 0 radical (unpaired) electrons. The standard InChI is InChI=1S/C19H20Cl2N2OS/c1-13-7-9-23(10-8-13)19(24)17-4-2-3-15(22-17)12-25-18-6-5-14(20)11-16(18)21/h2-6,11,13H,7-10,12H2,1H3. The fourth-order valence-electron chi connectivity index (χ4n) is 2.80. The number of hydrogen-bond acceptors (Lipinski definition) is 3. The first-order chi connectivity index (χ1) is 12.0. The van der Waals surface area contributed by atoms with Crippen molar-refractivity contribution in [3.8, 4) is 0 Å². The molecule has 132 valence electrons. The summed E-state index contributed by atoms with van der Waals surface area (Å²) in [4.78, 5) is 20.1. The molecule has 0 saturated carbocycles. The Morgan fingerprint density at radius 2 is 2.00 bits per heavy atom. The van der Waals surface area contributed by atoms with Gasteiger partial charge in [-0.05, 0) is 49.1 Å². The molecule has 3 nitrogen and oxygen atoms in total. The second-order valence-electron chi connectivity index (χ2n) is 6.35. The number of thioether (sulfide) groups is 1. The monoisotopic (exact) mass is 394 g/mol. The number of carbonyl (C=O) groups is 1. The first-order valence-corrected chi connectivity index (χ1v) is 10.1. The second kappa shape index (κ2) is 8.43. The molecule has 0 atom stereocenters. The van der Waals surface area contributed by atoms with E-state index >= 15 is 0 Å². The Kier molecular flexibility index (Phi) is 6.26. The van der Waals surface area contributed by atoms with Crippen molar-refractivity contribution in [2.24, 2.45) is 5.92 Å². The van der Waals surface area contributed by atoms with E-state index in [-0.39, 0.29) is 5.91 Å². The lowest BCUT2D eigenvalue weighted by Crippen LogP contribution is -2.38. The number of pyridine rings is 1. The van der Waals surface area contributed by atoms with Crippen LogP contribution in [0.2, 0.25) is 10.0 Å². The van der Waals surface area contributed by atoms with Crippen molar-refractivity contribution in [3.05, 3.63) is 57.8 Å². The summed E-state index contributed by atoms with van der Waals surface area (Å²) in [5, 5.41) is 1.25.